The van der Waals surface area contributed by atoms with Crippen LogP contribution in [0.2, 0.25) is 5.02 Å². The summed E-state index contributed by atoms with van der Waals surface area (Å²) in [5, 5.41) is 3.55. The molecule has 1 aliphatic rings. The number of carbonyl (C=O) groups excluding carboxylic acids is 1. The normalized spacial score (nSPS) is 13.9. The van der Waals surface area contributed by atoms with Gasteiger partial charge in [0.05, 0.1) is 20.8 Å². The van der Waals surface area contributed by atoms with Gasteiger partial charge in [-0.3, -0.25) is 9.69 Å². The van der Waals surface area contributed by atoms with E-state index in [0.717, 1.165) is 24.4 Å². The summed E-state index contributed by atoms with van der Waals surface area (Å²) in [4.78, 5) is 14.4. The Balaban J connectivity index is 1.64. The van der Waals surface area contributed by atoms with Crippen molar-refractivity contribution in [1.29, 1.82) is 0 Å². The van der Waals surface area contributed by atoms with Crippen LogP contribution in [0.3, 0.4) is 0 Å². The first-order valence-electron chi connectivity index (χ1n) is 8.10. The highest BCUT2D eigenvalue weighted by Crippen LogP contribution is 2.33. The molecule has 0 unspecified atom stereocenters. The van der Waals surface area contributed by atoms with Crippen molar-refractivity contribution in [1.82, 2.24) is 4.90 Å². The Morgan fingerprint density at radius 1 is 1.12 bits per heavy atom. The summed E-state index contributed by atoms with van der Waals surface area (Å²) in [5.41, 5.74) is 3.16. The Morgan fingerprint density at radius 3 is 2.40 bits per heavy atom. The molecule has 0 spiro atoms. The maximum Gasteiger partial charge on any atom is 0.238 e. The van der Waals surface area contributed by atoms with Gasteiger partial charge < -0.3 is 14.8 Å². The van der Waals surface area contributed by atoms with Crippen LogP contribution >= 0.6 is 11.6 Å². The lowest BCUT2D eigenvalue weighted by Crippen LogP contribution is -2.37. The van der Waals surface area contributed by atoms with E-state index in [4.69, 9.17) is 21.1 Å². The number of hydrogen-bond donors (Lipinski definition) is 1. The second kappa shape index (κ2) is 7.76. The van der Waals surface area contributed by atoms with Crippen molar-refractivity contribution in [3.63, 3.8) is 0 Å². The summed E-state index contributed by atoms with van der Waals surface area (Å²) in [7, 11) is 3.27. The summed E-state index contributed by atoms with van der Waals surface area (Å²) in [5.74, 6) is 1.43. The molecular weight excluding hydrogens is 340 g/mol. The van der Waals surface area contributed by atoms with Crippen molar-refractivity contribution in [3.8, 4) is 11.5 Å². The maximum atomic E-state index is 12.3. The number of nitrogens with one attached hydrogen (secondary N) is 1. The lowest BCUT2D eigenvalue weighted by atomic mass is 9.99. The smallest absolute Gasteiger partial charge is 0.238 e. The number of amides is 1. The largest absolute Gasteiger partial charge is 0.493 e. The highest BCUT2D eigenvalue weighted by Gasteiger charge is 2.21. The van der Waals surface area contributed by atoms with Gasteiger partial charge in [0.1, 0.15) is 0 Å². The van der Waals surface area contributed by atoms with E-state index in [1.54, 1.807) is 38.5 Å². The van der Waals surface area contributed by atoms with Crippen molar-refractivity contribution in [3.05, 3.63) is 52.5 Å². The van der Waals surface area contributed by atoms with E-state index >= 15 is 0 Å². The third kappa shape index (κ3) is 4.24. The number of carbonyl (C=O) groups is 1. The van der Waals surface area contributed by atoms with Gasteiger partial charge in [-0.2, -0.15) is 0 Å². The molecule has 25 heavy (non-hydrogen) atoms. The molecule has 0 saturated carbocycles. The average molecular weight is 361 g/mol. The molecule has 132 valence electrons. The molecule has 5 nitrogen and oxygen atoms in total. The Bertz CT molecular complexity index is 762. The molecule has 3 rings (SSSR count). The van der Waals surface area contributed by atoms with Crippen molar-refractivity contribution >= 4 is 23.2 Å². The van der Waals surface area contributed by atoms with Gasteiger partial charge in [0.15, 0.2) is 11.5 Å². The Hall–Kier alpha value is -2.24. The molecule has 0 radical (unpaired) electrons. The molecule has 0 aromatic heterocycles. The number of methoxy groups -OCH3 is 2. The first-order valence-corrected chi connectivity index (χ1v) is 8.48. The van der Waals surface area contributed by atoms with Crippen LogP contribution in [-0.2, 0) is 17.8 Å². The predicted molar refractivity (Wildman–Crippen MR) is 98.6 cm³/mol. The molecule has 1 amide bonds. The number of benzene rings is 2. The topological polar surface area (TPSA) is 50.8 Å². The third-order valence-electron chi connectivity index (χ3n) is 4.29. The SMILES string of the molecule is COc1cc2c(cc1OC)CN(CC(=O)Nc1ccc(Cl)cc1)CC2. The zero-order valence-electron chi connectivity index (χ0n) is 14.3. The van der Waals surface area contributed by atoms with Gasteiger partial charge in [-0.25, -0.2) is 0 Å². The number of anilines is 1. The first kappa shape index (κ1) is 17.6. The van der Waals surface area contributed by atoms with E-state index in [9.17, 15) is 4.79 Å². The molecule has 1 N–H and O–H groups in total. The molecule has 0 bridgehead atoms. The summed E-state index contributed by atoms with van der Waals surface area (Å²) in [6.07, 6.45) is 0.879. The standard InChI is InChI=1S/C19H21ClN2O3/c1-24-17-9-13-7-8-22(11-14(13)10-18(17)25-2)12-19(23)21-16-5-3-15(20)4-6-16/h3-6,9-10H,7-8,11-12H2,1-2H3,(H,21,23). The number of halogens is 1. The Kier molecular flexibility index (Phi) is 5.46. The fourth-order valence-electron chi connectivity index (χ4n) is 3.01. The van der Waals surface area contributed by atoms with Gasteiger partial charge in [0.25, 0.3) is 0 Å². The van der Waals surface area contributed by atoms with Crippen LogP contribution in [0, 0.1) is 0 Å². The zero-order valence-corrected chi connectivity index (χ0v) is 15.1. The third-order valence-corrected chi connectivity index (χ3v) is 4.54. The van der Waals surface area contributed by atoms with Gasteiger partial charge >= 0.3 is 0 Å². The van der Waals surface area contributed by atoms with Gasteiger partial charge in [0.2, 0.25) is 5.91 Å². The molecule has 6 heteroatoms. The molecule has 0 aliphatic carbocycles. The van der Waals surface area contributed by atoms with Crippen molar-refractivity contribution in [2.75, 3.05) is 32.6 Å². The fraction of sp³-hybridized carbons (Fsp3) is 0.316. The average Bonchev–Trinajstić information content (AvgIpc) is 2.62. The lowest BCUT2D eigenvalue weighted by molar-refractivity contribution is -0.117. The number of rotatable bonds is 5. The van der Waals surface area contributed by atoms with E-state index in [1.807, 2.05) is 12.1 Å². The summed E-state index contributed by atoms with van der Waals surface area (Å²) >= 11 is 5.86. The molecule has 0 saturated heterocycles. The molecule has 1 heterocycles. The summed E-state index contributed by atoms with van der Waals surface area (Å²) in [6, 6.07) is 11.1. The Morgan fingerprint density at radius 2 is 1.76 bits per heavy atom. The Labute approximate surface area is 152 Å². The molecule has 2 aromatic rings. The van der Waals surface area contributed by atoms with Crippen molar-refractivity contribution < 1.29 is 14.3 Å². The van der Waals surface area contributed by atoms with Crippen LogP contribution in [0.15, 0.2) is 36.4 Å². The summed E-state index contributed by atoms with van der Waals surface area (Å²) < 4.78 is 10.7. The maximum absolute atomic E-state index is 12.3. The van der Waals surface area contributed by atoms with Gasteiger partial charge in [-0.1, -0.05) is 11.6 Å². The van der Waals surface area contributed by atoms with Gasteiger partial charge in [0, 0.05) is 23.8 Å². The van der Waals surface area contributed by atoms with Gasteiger partial charge in [-0.15, -0.1) is 0 Å². The fourth-order valence-corrected chi connectivity index (χ4v) is 3.14. The van der Waals surface area contributed by atoms with E-state index in [0.29, 0.717) is 23.9 Å². The van der Waals surface area contributed by atoms with Crippen molar-refractivity contribution in [2.45, 2.75) is 13.0 Å². The minimum atomic E-state index is -0.0359. The number of nitrogens with zero attached hydrogens (tertiary/aromatic N) is 1. The molecule has 2 aromatic carbocycles. The highest BCUT2D eigenvalue weighted by molar-refractivity contribution is 6.30. The van der Waals surface area contributed by atoms with Crippen LogP contribution in [0.4, 0.5) is 5.69 Å². The molecular formula is C19H21ClN2O3. The van der Waals surface area contributed by atoms with Gasteiger partial charge in [-0.05, 0) is 53.9 Å². The van der Waals surface area contributed by atoms with E-state index < -0.39 is 0 Å². The second-order valence-corrected chi connectivity index (χ2v) is 6.43. The molecule has 0 fully saturated rings. The van der Waals surface area contributed by atoms with Crippen LogP contribution in [0.25, 0.3) is 0 Å². The molecule has 0 atom stereocenters. The van der Waals surface area contributed by atoms with Crippen LogP contribution < -0.4 is 14.8 Å². The van der Waals surface area contributed by atoms with Crippen LogP contribution in [-0.4, -0.2) is 38.1 Å². The van der Waals surface area contributed by atoms with Crippen LogP contribution in [0.1, 0.15) is 11.1 Å². The monoisotopic (exact) mass is 360 g/mol. The summed E-state index contributed by atoms with van der Waals surface area (Å²) in [6.45, 7) is 1.89. The minimum Gasteiger partial charge on any atom is -0.493 e. The quantitative estimate of drug-likeness (QED) is 0.888. The zero-order chi connectivity index (χ0) is 17.8. The highest BCUT2D eigenvalue weighted by atomic mass is 35.5. The molecule has 1 aliphatic heterocycles. The van der Waals surface area contributed by atoms with Crippen molar-refractivity contribution in [2.24, 2.45) is 0 Å². The second-order valence-electron chi connectivity index (χ2n) is 5.99. The number of hydrogen-bond acceptors (Lipinski definition) is 4. The van der Waals surface area contributed by atoms with E-state index in [1.165, 1.54) is 11.1 Å². The number of ether oxygens (including phenoxy) is 2. The van der Waals surface area contributed by atoms with Crippen LogP contribution in [0.5, 0.6) is 11.5 Å². The minimum absolute atomic E-state index is 0.0359. The van der Waals surface area contributed by atoms with E-state index in [2.05, 4.69) is 10.2 Å². The predicted octanol–water partition coefficient (Wildman–Crippen LogP) is 3.35. The number of fused-ring (bicyclic) bond motifs is 1. The van der Waals surface area contributed by atoms with E-state index in [-0.39, 0.29) is 5.91 Å². The lowest BCUT2D eigenvalue weighted by Gasteiger charge is -2.29. The first-order chi connectivity index (χ1) is 12.1.